The zero-order valence-corrected chi connectivity index (χ0v) is 17.6. The molecule has 0 bridgehead atoms. The lowest BCUT2D eigenvalue weighted by Gasteiger charge is -2.09. The number of sulfonamides is 1. The summed E-state index contributed by atoms with van der Waals surface area (Å²) < 4.78 is 32.3. The molecule has 0 unspecified atom stereocenters. The number of pyridine rings is 1. The van der Waals surface area contributed by atoms with Gasteiger partial charge in [0, 0.05) is 24.9 Å². The van der Waals surface area contributed by atoms with Crippen LogP contribution in [0, 0.1) is 0 Å². The second-order valence-corrected chi connectivity index (χ2v) is 8.07. The minimum Gasteiger partial charge on any atom is -0.382 e. The molecular formula is C20H22N6O4S. The third-order valence-corrected chi connectivity index (χ3v) is 5.62. The number of aromatic nitrogens is 3. The summed E-state index contributed by atoms with van der Waals surface area (Å²) >= 11 is 0. The van der Waals surface area contributed by atoms with Crippen LogP contribution in [-0.4, -0.2) is 49.0 Å². The second-order valence-electron chi connectivity index (χ2n) is 6.30. The Bertz CT molecular complexity index is 1140. The van der Waals surface area contributed by atoms with Crippen molar-refractivity contribution in [2.24, 2.45) is 0 Å². The van der Waals surface area contributed by atoms with Gasteiger partial charge in [-0.2, -0.15) is 0 Å². The number of nitrogens with one attached hydrogen (secondary N) is 2. The first-order valence-electron chi connectivity index (χ1n) is 9.42. The van der Waals surface area contributed by atoms with Gasteiger partial charge in [-0.05, 0) is 31.2 Å². The first kappa shape index (κ1) is 22.3. The first-order valence-corrected chi connectivity index (χ1v) is 10.9. The van der Waals surface area contributed by atoms with E-state index >= 15 is 0 Å². The number of amides is 1. The van der Waals surface area contributed by atoms with E-state index in [2.05, 4.69) is 25.0 Å². The number of hydrogen-bond donors (Lipinski definition) is 3. The van der Waals surface area contributed by atoms with Crippen LogP contribution in [-0.2, 0) is 14.8 Å². The van der Waals surface area contributed by atoms with Crippen LogP contribution in [0.2, 0.25) is 0 Å². The van der Waals surface area contributed by atoms with Crippen LogP contribution in [0.4, 0.5) is 11.5 Å². The molecule has 1 amide bonds. The molecule has 4 N–H and O–H groups in total. The minimum atomic E-state index is -3.66. The predicted octanol–water partition coefficient (Wildman–Crippen LogP) is 1.69. The lowest BCUT2D eigenvalue weighted by atomic mass is 10.1. The van der Waals surface area contributed by atoms with Gasteiger partial charge in [0.1, 0.15) is 0 Å². The van der Waals surface area contributed by atoms with E-state index in [1.807, 2.05) is 6.92 Å². The average Bonchev–Trinajstić information content (AvgIpc) is 2.78. The summed E-state index contributed by atoms with van der Waals surface area (Å²) in [5, 5.41) is 2.65. The van der Waals surface area contributed by atoms with Crippen LogP contribution in [0.5, 0.6) is 0 Å². The number of nitrogens with two attached hydrogens (primary N) is 1. The van der Waals surface area contributed by atoms with Gasteiger partial charge >= 0.3 is 0 Å². The standard InChI is InChI=1S/C20H22N6O4S/c1-2-30-11-10-24-31(28,29)16-7-5-14(6-8-16)17-13-23-19(21)18(26-17)20(27)25-15-4-3-9-22-12-15/h3-9,12-13,24H,2,10-11H2,1H3,(H2,21,23)(H,25,27). The maximum atomic E-state index is 12.5. The van der Waals surface area contributed by atoms with Crippen LogP contribution in [0.1, 0.15) is 17.4 Å². The van der Waals surface area contributed by atoms with E-state index in [1.165, 1.54) is 24.5 Å². The normalized spacial score (nSPS) is 11.3. The van der Waals surface area contributed by atoms with Crippen LogP contribution >= 0.6 is 0 Å². The quantitative estimate of drug-likeness (QED) is 0.424. The molecule has 0 radical (unpaired) electrons. The number of nitrogens with zero attached hydrogens (tertiary/aromatic N) is 3. The summed E-state index contributed by atoms with van der Waals surface area (Å²) in [5.41, 5.74) is 7.22. The number of ether oxygens (including phenoxy) is 1. The van der Waals surface area contributed by atoms with Crippen LogP contribution in [0.15, 0.2) is 59.9 Å². The molecule has 11 heteroatoms. The summed E-state index contributed by atoms with van der Waals surface area (Å²) in [6.45, 7) is 2.82. The Labute approximate surface area is 180 Å². The molecule has 0 spiro atoms. The molecule has 2 aromatic heterocycles. The topological polar surface area (TPSA) is 149 Å². The molecule has 0 saturated heterocycles. The van der Waals surface area contributed by atoms with Crippen molar-refractivity contribution >= 4 is 27.4 Å². The maximum absolute atomic E-state index is 12.5. The lowest BCUT2D eigenvalue weighted by molar-refractivity contribution is 0.102. The zero-order valence-electron chi connectivity index (χ0n) is 16.8. The third kappa shape index (κ3) is 5.81. The Kier molecular flexibility index (Phi) is 7.23. The summed E-state index contributed by atoms with van der Waals surface area (Å²) in [6.07, 6.45) is 4.50. The van der Waals surface area contributed by atoms with E-state index in [0.717, 1.165) is 0 Å². The highest BCUT2D eigenvalue weighted by Crippen LogP contribution is 2.21. The van der Waals surface area contributed by atoms with E-state index in [9.17, 15) is 13.2 Å². The number of carbonyl (C=O) groups excluding carboxylic acids is 1. The molecule has 0 aliphatic carbocycles. The number of hydrogen-bond acceptors (Lipinski definition) is 8. The Morgan fingerprint density at radius 1 is 1.16 bits per heavy atom. The fourth-order valence-corrected chi connectivity index (χ4v) is 3.63. The van der Waals surface area contributed by atoms with E-state index < -0.39 is 15.9 Å². The van der Waals surface area contributed by atoms with E-state index in [4.69, 9.17) is 10.5 Å². The predicted molar refractivity (Wildman–Crippen MR) is 116 cm³/mol. The van der Waals surface area contributed by atoms with Gasteiger partial charge in [-0.1, -0.05) is 12.1 Å². The first-order chi connectivity index (χ1) is 14.9. The number of rotatable bonds is 9. The van der Waals surface area contributed by atoms with Gasteiger partial charge in [0.25, 0.3) is 5.91 Å². The third-order valence-electron chi connectivity index (χ3n) is 4.14. The maximum Gasteiger partial charge on any atom is 0.278 e. The van der Waals surface area contributed by atoms with Crippen molar-refractivity contribution in [1.82, 2.24) is 19.7 Å². The highest BCUT2D eigenvalue weighted by molar-refractivity contribution is 7.89. The fraction of sp³-hybridized carbons (Fsp3) is 0.200. The zero-order chi connectivity index (χ0) is 22.3. The van der Waals surface area contributed by atoms with E-state index in [-0.39, 0.29) is 23.0 Å². The number of anilines is 2. The number of nitrogen functional groups attached to an aromatic ring is 1. The highest BCUT2D eigenvalue weighted by atomic mass is 32.2. The second kappa shape index (κ2) is 10.1. The van der Waals surface area contributed by atoms with E-state index in [0.29, 0.717) is 30.2 Å². The van der Waals surface area contributed by atoms with E-state index in [1.54, 1.807) is 30.5 Å². The molecule has 0 aliphatic heterocycles. The van der Waals surface area contributed by atoms with Crippen molar-refractivity contribution in [3.05, 3.63) is 60.7 Å². The van der Waals surface area contributed by atoms with Crippen LogP contribution in [0.3, 0.4) is 0 Å². The molecule has 2 heterocycles. The largest absolute Gasteiger partial charge is 0.382 e. The van der Waals surface area contributed by atoms with Crippen molar-refractivity contribution in [2.45, 2.75) is 11.8 Å². The summed E-state index contributed by atoms with van der Waals surface area (Å²) in [7, 11) is -3.66. The van der Waals surface area contributed by atoms with Gasteiger partial charge in [-0.3, -0.25) is 9.78 Å². The molecule has 0 aliphatic rings. The Morgan fingerprint density at radius 2 is 1.94 bits per heavy atom. The average molecular weight is 443 g/mol. The molecule has 3 aromatic rings. The van der Waals surface area contributed by atoms with Crippen LogP contribution in [0.25, 0.3) is 11.3 Å². The van der Waals surface area contributed by atoms with Crippen molar-refractivity contribution < 1.29 is 17.9 Å². The van der Waals surface area contributed by atoms with Crippen molar-refractivity contribution in [3.8, 4) is 11.3 Å². The Morgan fingerprint density at radius 3 is 2.61 bits per heavy atom. The Balaban J connectivity index is 1.77. The SMILES string of the molecule is CCOCCNS(=O)(=O)c1ccc(-c2cnc(N)c(C(=O)Nc3cccnc3)n2)cc1. The molecule has 0 atom stereocenters. The monoisotopic (exact) mass is 442 g/mol. The van der Waals surface area contributed by atoms with Gasteiger partial charge in [-0.25, -0.2) is 23.1 Å². The molecule has 0 saturated carbocycles. The molecule has 162 valence electrons. The summed E-state index contributed by atoms with van der Waals surface area (Å²) in [4.78, 5) is 24.9. The van der Waals surface area contributed by atoms with Gasteiger partial charge in [0.2, 0.25) is 10.0 Å². The van der Waals surface area contributed by atoms with Gasteiger partial charge in [0.15, 0.2) is 11.5 Å². The van der Waals surface area contributed by atoms with Crippen molar-refractivity contribution in [2.75, 3.05) is 30.8 Å². The molecule has 1 aromatic carbocycles. The molecule has 31 heavy (non-hydrogen) atoms. The van der Waals surface area contributed by atoms with Gasteiger partial charge < -0.3 is 15.8 Å². The number of carbonyl (C=O) groups is 1. The molecule has 3 rings (SSSR count). The van der Waals surface area contributed by atoms with Gasteiger partial charge in [0.05, 0.1) is 35.3 Å². The fourth-order valence-electron chi connectivity index (χ4n) is 2.61. The molecule has 10 nitrogen and oxygen atoms in total. The van der Waals surface area contributed by atoms with Crippen molar-refractivity contribution in [3.63, 3.8) is 0 Å². The van der Waals surface area contributed by atoms with Crippen LogP contribution < -0.4 is 15.8 Å². The smallest absolute Gasteiger partial charge is 0.278 e. The molecular weight excluding hydrogens is 420 g/mol. The highest BCUT2D eigenvalue weighted by Gasteiger charge is 2.17. The summed E-state index contributed by atoms with van der Waals surface area (Å²) in [5.74, 6) is -0.555. The minimum absolute atomic E-state index is 0.0252. The lowest BCUT2D eigenvalue weighted by Crippen LogP contribution is -2.27. The van der Waals surface area contributed by atoms with Gasteiger partial charge in [-0.15, -0.1) is 0 Å². The Hall–Kier alpha value is -3.41. The number of benzene rings is 1. The van der Waals surface area contributed by atoms with Crippen molar-refractivity contribution in [1.29, 1.82) is 0 Å². The molecule has 0 fully saturated rings. The summed E-state index contributed by atoms with van der Waals surface area (Å²) in [6, 6.07) is 9.43.